The molecule has 0 heterocycles. The molecular formula is C4H10N2O6Pt+2. The van der Waals surface area contributed by atoms with Gasteiger partial charge in [-0.2, -0.15) is 0 Å². The number of carboxylic acids is 3. The smallest absolute Gasteiger partial charge is 0.480 e. The summed E-state index contributed by atoms with van der Waals surface area (Å²) in [6.45, 7) is 0. The number of hydrogen-bond acceptors (Lipinski definition) is 5. The van der Waals surface area contributed by atoms with Crippen LogP contribution in [0.15, 0.2) is 0 Å². The zero-order chi connectivity index (χ0) is 8.31. The van der Waals surface area contributed by atoms with E-state index in [-0.39, 0.29) is 33.4 Å². The second-order valence-electron chi connectivity index (χ2n) is 1.45. The zero-order valence-electron chi connectivity index (χ0n) is 6.37. The molecule has 0 atom stereocenters. The maximum atomic E-state index is 9.82. The van der Waals surface area contributed by atoms with E-state index in [1.807, 2.05) is 0 Å². The molecule has 80 valence electrons. The van der Waals surface area contributed by atoms with Crippen LogP contribution in [-0.2, 0) is 35.4 Å². The second-order valence-corrected chi connectivity index (χ2v) is 1.45. The van der Waals surface area contributed by atoms with Crippen LogP contribution in [0.3, 0.4) is 0 Å². The normalized spacial score (nSPS) is 7.15. The molecule has 0 amide bonds. The molecule has 0 radical (unpaired) electrons. The Kier molecular flexibility index (Phi) is 15.9. The summed E-state index contributed by atoms with van der Waals surface area (Å²) in [6.07, 6.45) is 0. The third kappa shape index (κ3) is 7.38. The third-order valence-corrected chi connectivity index (χ3v) is 0.741. The van der Waals surface area contributed by atoms with E-state index in [0.717, 1.165) is 0 Å². The summed E-state index contributed by atoms with van der Waals surface area (Å²) in [5, 5.41) is 23.9. The Bertz CT molecular complexity index is 162. The van der Waals surface area contributed by atoms with E-state index in [1.165, 1.54) is 0 Å². The Balaban J connectivity index is -0.000000135. The van der Waals surface area contributed by atoms with Crippen LogP contribution in [-0.4, -0.2) is 33.2 Å². The molecule has 9 N–H and O–H groups in total. The van der Waals surface area contributed by atoms with Gasteiger partial charge in [0.15, 0.2) is 0 Å². The van der Waals surface area contributed by atoms with Crippen molar-refractivity contribution in [1.82, 2.24) is 12.3 Å². The van der Waals surface area contributed by atoms with Crippen molar-refractivity contribution in [2.24, 2.45) is 5.92 Å². The third-order valence-electron chi connectivity index (χ3n) is 0.741. The van der Waals surface area contributed by atoms with Crippen LogP contribution in [0.25, 0.3) is 0 Å². The first-order valence-electron chi connectivity index (χ1n) is 2.15. The van der Waals surface area contributed by atoms with Crippen LogP contribution < -0.4 is 12.3 Å². The number of hydrogen-bond donors (Lipinski definition) is 5. The maximum absolute atomic E-state index is 9.82. The Labute approximate surface area is 87.4 Å². The van der Waals surface area contributed by atoms with Crippen LogP contribution in [0.4, 0.5) is 0 Å². The molecule has 13 heavy (non-hydrogen) atoms. The first-order chi connectivity index (χ1) is 4.46. The number of carboxylic acid groups (broad SMARTS) is 3. The van der Waals surface area contributed by atoms with Gasteiger partial charge in [-0.25, -0.2) is 0 Å². The fraction of sp³-hybridized carbons (Fsp3) is 0.250. The fourth-order valence-electron chi connectivity index (χ4n) is 0.317. The van der Waals surface area contributed by atoms with E-state index < -0.39 is 23.8 Å². The molecular weight excluding hydrogens is 367 g/mol. The summed E-state index contributed by atoms with van der Waals surface area (Å²) in [5.41, 5.74) is 0. The average Bonchev–Trinajstić information content (AvgIpc) is 1.59. The van der Waals surface area contributed by atoms with Gasteiger partial charge in [-0.15, -0.1) is 0 Å². The van der Waals surface area contributed by atoms with E-state index >= 15 is 0 Å². The van der Waals surface area contributed by atoms with Crippen molar-refractivity contribution in [3.8, 4) is 0 Å². The van der Waals surface area contributed by atoms with E-state index in [0.29, 0.717) is 0 Å². The maximum Gasteiger partial charge on any atom is 2.00 e. The van der Waals surface area contributed by atoms with E-state index in [4.69, 9.17) is 15.3 Å². The molecule has 0 aromatic rings. The first-order valence-corrected chi connectivity index (χ1v) is 2.15. The minimum absolute atomic E-state index is 0. The summed E-state index contributed by atoms with van der Waals surface area (Å²) in [6, 6.07) is 0. The monoisotopic (exact) mass is 377 g/mol. The molecule has 9 heteroatoms. The van der Waals surface area contributed by atoms with Crippen molar-refractivity contribution >= 4 is 17.9 Å². The molecule has 0 saturated carbocycles. The molecule has 0 spiro atoms. The van der Waals surface area contributed by atoms with E-state index in [1.54, 1.807) is 0 Å². The van der Waals surface area contributed by atoms with Crippen LogP contribution in [0.2, 0.25) is 0 Å². The Morgan fingerprint density at radius 3 is 0.923 bits per heavy atom. The molecule has 0 aliphatic carbocycles. The number of rotatable bonds is 3. The van der Waals surface area contributed by atoms with Gasteiger partial charge in [0.05, 0.1) is 0 Å². The van der Waals surface area contributed by atoms with Crippen molar-refractivity contribution in [3.05, 3.63) is 0 Å². The molecule has 0 bridgehead atoms. The first kappa shape index (κ1) is 22.7. The molecule has 0 saturated heterocycles. The van der Waals surface area contributed by atoms with Gasteiger partial charge in [0.25, 0.3) is 0 Å². The predicted octanol–water partition coefficient (Wildman–Crippen LogP) is -0.822. The molecule has 0 aliphatic heterocycles. The minimum atomic E-state index is -2.36. The summed E-state index contributed by atoms with van der Waals surface area (Å²) in [7, 11) is 0. The summed E-state index contributed by atoms with van der Waals surface area (Å²) in [5.74, 6) is -7.99. The van der Waals surface area contributed by atoms with Crippen molar-refractivity contribution in [2.45, 2.75) is 0 Å². The van der Waals surface area contributed by atoms with Gasteiger partial charge in [0, 0.05) is 0 Å². The van der Waals surface area contributed by atoms with Crippen LogP contribution in [0.1, 0.15) is 0 Å². The Morgan fingerprint density at radius 1 is 0.769 bits per heavy atom. The van der Waals surface area contributed by atoms with Gasteiger partial charge in [-0.3, -0.25) is 14.4 Å². The predicted molar refractivity (Wildman–Crippen MR) is 36.4 cm³/mol. The molecule has 0 aromatic heterocycles. The van der Waals surface area contributed by atoms with Gasteiger partial charge < -0.3 is 27.6 Å². The molecule has 0 rings (SSSR count). The Hall–Kier alpha value is -0.982. The quantitative estimate of drug-likeness (QED) is 0.395. The molecule has 0 unspecified atom stereocenters. The van der Waals surface area contributed by atoms with E-state index in [9.17, 15) is 14.4 Å². The standard InChI is InChI=1S/C4H4O6.2H3N.Pt/c5-2(6)1(3(7)8)4(9)10;;;/h1H,(H,5,6)(H,7,8)(H,9,10);2*1H3;/q;;;+2. The molecule has 8 nitrogen and oxygen atoms in total. The van der Waals surface area contributed by atoms with Gasteiger partial charge in [-0.05, 0) is 0 Å². The van der Waals surface area contributed by atoms with Gasteiger partial charge in [0.1, 0.15) is 0 Å². The van der Waals surface area contributed by atoms with Crippen molar-refractivity contribution in [2.75, 3.05) is 0 Å². The van der Waals surface area contributed by atoms with Crippen molar-refractivity contribution in [1.29, 1.82) is 0 Å². The van der Waals surface area contributed by atoms with Crippen LogP contribution in [0.5, 0.6) is 0 Å². The number of aliphatic carboxylic acids is 3. The number of carbonyl (C=O) groups is 3. The summed E-state index contributed by atoms with van der Waals surface area (Å²) in [4.78, 5) is 29.5. The van der Waals surface area contributed by atoms with Gasteiger partial charge in [-0.1, -0.05) is 0 Å². The van der Waals surface area contributed by atoms with Crippen molar-refractivity contribution in [3.63, 3.8) is 0 Å². The van der Waals surface area contributed by atoms with Crippen molar-refractivity contribution < 1.29 is 50.8 Å². The SMILES string of the molecule is N.N.O=C(O)C(C(=O)O)C(=O)O.[Pt+2]. The van der Waals surface area contributed by atoms with Crippen LogP contribution in [0, 0.1) is 5.92 Å². The molecule has 0 fully saturated rings. The zero-order valence-corrected chi connectivity index (χ0v) is 8.65. The van der Waals surface area contributed by atoms with E-state index in [2.05, 4.69) is 0 Å². The van der Waals surface area contributed by atoms with Gasteiger partial charge >= 0.3 is 39.0 Å². The summed E-state index contributed by atoms with van der Waals surface area (Å²) >= 11 is 0. The second kappa shape index (κ2) is 9.11. The summed E-state index contributed by atoms with van der Waals surface area (Å²) < 4.78 is 0. The Morgan fingerprint density at radius 2 is 0.923 bits per heavy atom. The largest absolute Gasteiger partial charge is 2.00 e. The fourth-order valence-corrected chi connectivity index (χ4v) is 0.317. The van der Waals surface area contributed by atoms with Gasteiger partial charge in [0.2, 0.25) is 5.92 Å². The van der Waals surface area contributed by atoms with Crippen LogP contribution >= 0.6 is 0 Å². The minimum Gasteiger partial charge on any atom is -0.480 e. The topological polar surface area (TPSA) is 182 Å². The average molecular weight is 377 g/mol. The molecule has 0 aliphatic rings. The molecule has 0 aromatic carbocycles.